The third-order valence-corrected chi connectivity index (χ3v) is 6.79. The summed E-state index contributed by atoms with van der Waals surface area (Å²) in [6.07, 6.45) is 3.74. The molecule has 3 aliphatic heterocycles. The van der Waals surface area contributed by atoms with Crippen LogP contribution in [0.15, 0.2) is 36.5 Å². The van der Waals surface area contributed by atoms with Crippen LogP contribution < -0.4 is 10.2 Å². The first-order valence-corrected chi connectivity index (χ1v) is 10.7. The van der Waals surface area contributed by atoms with Gasteiger partial charge < -0.3 is 15.1 Å². The van der Waals surface area contributed by atoms with Crippen LogP contribution in [0.2, 0.25) is 5.02 Å². The second kappa shape index (κ2) is 7.25. The molecule has 1 aromatic carbocycles. The van der Waals surface area contributed by atoms with Crippen LogP contribution >= 0.6 is 11.6 Å². The fourth-order valence-electron chi connectivity index (χ4n) is 4.92. The number of nitrogens with one attached hydrogen (secondary N) is 1. The Balaban J connectivity index is 1.54. The minimum atomic E-state index is -0.279. The van der Waals surface area contributed by atoms with Crippen molar-refractivity contribution in [3.05, 3.63) is 47.1 Å². The molecule has 0 bridgehead atoms. The standard InChI is InChI=1S/C22H24ClN5O2/c1-2-26-10-7-22(13-26)8-11-27(14-22)21(30)28-18-12-15(23)5-6-16(18)20(29)25-17-4-3-9-24-19(17)28/h3-6,9,12H,2,7-8,10-11,13-14H2,1H3,(H,25,29). The van der Waals surface area contributed by atoms with Crippen molar-refractivity contribution in [2.24, 2.45) is 5.41 Å². The lowest BCUT2D eigenvalue weighted by Gasteiger charge is -2.29. The number of carbonyl (C=O) groups is 2. The summed E-state index contributed by atoms with van der Waals surface area (Å²) in [5.41, 5.74) is 1.54. The van der Waals surface area contributed by atoms with E-state index in [4.69, 9.17) is 11.6 Å². The molecule has 30 heavy (non-hydrogen) atoms. The van der Waals surface area contributed by atoms with E-state index in [2.05, 4.69) is 22.1 Å². The highest BCUT2D eigenvalue weighted by molar-refractivity contribution is 6.31. The van der Waals surface area contributed by atoms with Gasteiger partial charge >= 0.3 is 6.03 Å². The van der Waals surface area contributed by atoms with Gasteiger partial charge in [0.05, 0.1) is 16.9 Å². The average Bonchev–Trinajstić information content (AvgIpc) is 3.33. The molecule has 156 valence electrons. The van der Waals surface area contributed by atoms with Crippen LogP contribution in [0.1, 0.15) is 30.1 Å². The minimum Gasteiger partial charge on any atom is -0.323 e. The molecule has 2 fully saturated rings. The smallest absolute Gasteiger partial charge is 0.323 e. The normalized spacial score (nSPS) is 23.3. The van der Waals surface area contributed by atoms with E-state index in [0.717, 1.165) is 39.0 Å². The maximum Gasteiger partial charge on any atom is 0.330 e. The molecule has 1 aromatic heterocycles. The van der Waals surface area contributed by atoms with Crippen LogP contribution in [0, 0.1) is 5.41 Å². The van der Waals surface area contributed by atoms with Crippen molar-refractivity contribution in [1.82, 2.24) is 14.8 Å². The Kier molecular flexibility index (Phi) is 4.67. The molecule has 0 saturated carbocycles. The Morgan fingerprint density at radius 2 is 2.07 bits per heavy atom. The van der Waals surface area contributed by atoms with Gasteiger partial charge in [0.15, 0.2) is 5.82 Å². The molecule has 4 heterocycles. The number of benzene rings is 1. The Hall–Kier alpha value is -2.64. The summed E-state index contributed by atoms with van der Waals surface area (Å²) >= 11 is 6.26. The van der Waals surface area contributed by atoms with E-state index >= 15 is 0 Å². The first kappa shape index (κ1) is 19.3. The summed E-state index contributed by atoms with van der Waals surface area (Å²) in [7, 11) is 0. The summed E-state index contributed by atoms with van der Waals surface area (Å²) in [6, 6.07) is 8.32. The summed E-state index contributed by atoms with van der Waals surface area (Å²) < 4.78 is 0. The predicted octanol–water partition coefficient (Wildman–Crippen LogP) is 3.98. The molecular weight excluding hydrogens is 402 g/mol. The molecule has 8 heteroatoms. The minimum absolute atomic E-state index is 0.162. The van der Waals surface area contributed by atoms with Gasteiger partial charge in [-0.3, -0.25) is 4.79 Å². The highest BCUT2D eigenvalue weighted by Gasteiger charge is 2.46. The van der Waals surface area contributed by atoms with E-state index in [9.17, 15) is 9.59 Å². The van der Waals surface area contributed by atoms with Crippen LogP contribution in [0.25, 0.3) is 0 Å². The number of nitrogens with zero attached hydrogens (tertiary/aromatic N) is 4. The predicted molar refractivity (Wildman–Crippen MR) is 117 cm³/mol. The number of rotatable bonds is 1. The van der Waals surface area contributed by atoms with Crippen LogP contribution in [-0.2, 0) is 0 Å². The molecule has 3 amide bonds. The zero-order valence-electron chi connectivity index (χ0n) is 16.9. The number of pyridine rings is 1. The van der Waals surface area contributed by atoms with E-state index in [1.54, 1.807) is 41.4 Å². The molecule has 1 unspecified atom stereocenters. The number of fused-ring (bicyclic) bond motifs is 2. The second-order valence-electron chi connectivity index (χ2n) is 8.40. The van der Waals surface area contributed by atoms with Gasteiger partial charge in [-0.05, 0) is 56.3 Å². The SMILES string of the molecule is CCN1CCC2(CCN(C(=O)N3c4cc(Cl)ccc4C(=O)Nc4cccnc43)C2)C1. The highest BCUT2D eigenvalue weighted by Crippen LogP contribution is 2.42. The Bertz CT molecular complexity index is 1030. The van der Waals surface area contributed by atoms with Crippen LogP contribution in [0.5, 0.6) is 0 Å². The van der Waals surface area contributed by atoms with Gasteiger partial charge in [-0.1, -0.05) is 18.5 Å². The van der Waals surface area contributed by atoms with Crippen molar-refractivity contribution >= 4 is 40.7 Å². The zero-order chi connectivity index (χ0) is 20.9. The van der Waals surface area contributed by atoms with Crippen molar-refractivity contribution in [1.29, 1.82) is 0 Å². The van der Waals surface area contributed by atoms with E-state index < -0.39 is 0 Å². The van der Waals surface area contributed by atoms with Gasteiger partial charge in [-0.2, -0.15) is 0 Å². The first-order chi connectivity index (χ1) is 14.5. The summed E-state index contributed by atoms with van der Waals surface area (Å²) in [5, 5.41) is 3.34. The van der Waals surface area contributed by atoms with Gasteiger partial charge in [0.25, 0.3) is 5.91 Å². The molecule has 1 atom stereocenters. The van der Waals surface area contributed by atoms with Gasteiger partial charge in [-0.25, -0.2) is 14.7 Å². The largest absolute Gasteiger partial charge is 0.330 e. The van der Waals surface area contributed by atoms with Crippen molar-refractivity contribution in [2.45, 2.75) is 19.8 Å². The Labute approximate surface area is 180 Å². The van der Waals surface area contributed by atoms with Crippen LogP contribution in [-0.4, -0.2) is 59.4 Å². The fourth-order valence-corrected chi connectivity index (χ4v) is 5.09. The summed E-state index contributed by atoms with van der Waals surface area (Å²) in [5.74, 6) is 0.137. The molecule has 1 spiro atoms. The Morgan fingerprint density at radius 3 is 2.87 bits per heavy atom. The third kappa shape index (κ3) is 3.13. The molecule has 1 N–H and O–H groups in total. The lowest BCUT2D eigenvalue weighted by atomic mass is 9.86. The fraction of sp³-hybridized carbons (Fsp3) is 0.409. The van der Waals surface area contributed by atoms with E-state index in [1.165, 1.54) is 0 Å². The number of hydrogen-bond acceptors (Lipinski definition) is 4. The van der Waals surface area contributed by atoms with Crippen LogP contribution in [0.3, 0.4) is 0 Å². The average molecular weight is 426 g/mol. The lowest BCUT2D eigenvalue weighted by molar-refractivity contribution is 0.102. The number of anilines is 3. The van der Waals surface area contributed by atoms with Gasteiger partial charge in [0.1, 0.15) is 0 Å². The molecular formula is C22H24ClN5O2. The lowest BCUT2D eigenvalue weighted by Crippen LogP contribution is -2.41. The molecule has 3 aliphatic rings. The van der Waals surface area contributed by atoms with Crippen molar-refractivity contribution in [2.75, 3.05) is 42.9 Å². The van der Waals surface area contributed by atoms with E-state index in [-0.39, 0.29) is 17.4 Å². The Morgan fingerprint density at radius 1 is 1.23 bits per heavy atom. The number of likely N-dealkylation sites (tertiary alicyclic amines) is 2. The van der Waals surface area contributed by atoms with E-state index in [0.29, 0.717) is 34.3 Å². The molecule has 0 radical (unpaired) electrons. The number of amides is 3. The number of urea groups is 1. The molecule has 5 rings (SSSR count). The molecule has 2 saturated heterocycles. The van der Waals surface area contributed by atoms with Crippen molar-refractivity contribution < 1.29 is 9.59 Å². The molecule has 2 aromatic rings. The topological polar surface area (TPSA) is 68.8 Å². The van der Waals surface area contributed by atoms with Crippen molar-refractivity contribution in [3.63, 3.8) is 0 Å². The third-order valence-electron chi connectivity index (χ3n) is 6.56. The first-order valence-electron chi connectivity index (χ1n) is 10.4. The monoisotopic (exact) mass is 425 g/mol. The van der Waals surface area contributed by atoms with E-state index in [1.807, 2.05) is 4.90 Å². The zero-order valence-corrected chi connectivity index (χ0v) is 17.7. The number of halogens is 1. The number of aromatic nitrogens is 1. The highest BCUT2D eigenvalue weighted by atomic mass is 35.5. The van der Waals surface area contributed by atoms with Crippen molar-refractivity contribution in [3.8, 4) is 0 Å². The number of carbonyl (C=O) groups excluding carboxylic acids is 2. The van der Waals surface area contributed by atoms with Gasteiger partial charge in [0.2, 0.25) is 0 Å². The number of hydrogen-bond donors (Lipinski definition) is 1. The maximum atomic E-state index is 13.8. The quantitative estimate of drug-likeness (QED) is 0.750. The van der Waals surface area contributed by atoms with Gasteiger partial charge in [0, 0.05) is 36.3 Å². The summed E-state index contributed by atoms with van der Waals surface area (Å²) in [6.45, 7) is 6.76. The van der Waals surface area contributed by atoms with Gasteiger partial charge in [-0.15, -0.1) is 0 Å². The second-order valence-corrected chi connectivity index (χ2v) is 8.83. The maximum absolute atomic E-state index is 13.8. The summed E-state index contributed by atoms with van der Waals surface area (Å²) in [4.78, 5) is 36.9. The van der Waals surface area contributed by atoms with Crippen LogP contribution in [0.4, 0.5) is 22.0 Å². The molecule has 0 aliphatic carbocycles. The molecule has 7 nitrogen and oxygen atoms in total.